The monoisotopic (exact) mass is 260 g/mol. The van der Waals surface area contributed by atoms with E-state index in [1.54, 1.807) is 4.90 Å². The molecule has 0 radical (unpaired) electrons. The lowest BCUT2D eigenvalue weighted by atomic mass is 10.0. The summed E-state index contributed by atoms with van der Waals surface area (Å²) in [6, 6.07) is 10.6. The van der Waals surface area contributed by atoms with Gasteiger partial charge in [-0.15, -0.1) is 0 Å². The third-order valence-corrected chi connectivity index (χ3v) is 4.26. The quantitative estimate of drug-likeness (QED) is 0.876. The molecular weight excluding hydrogens is 240 g/mol. The van der Waals surface area contributed by atoms with Crippen LogP contribution in [0.15, 0.2) is 30.3 Å². The highest BCUT2D eigenvalue weighted by molar-refractivity contribution is 5.67. The first-order valence-corrected chi connectivity index (χ1v) is 7.04. The number of piperidine rings is 1. The van der Waals surface area contributed by atoms with Gasteiger partial charge in [0, 0.05) is 18.0 Å². The van der Waals surface area contributed by atoms with Crippen LogP contribution in [0, 0.1) is 0 Å². The molecule has 1 aliphatic carbocycles. The van der Waals surface area contributed by atoms with Crippen LogP contribution in [0.5, 0.6) is 0 Å². The van der Waals surface area contributed by atoms with Gasteiger partial charge >= 0.3 is 6.09 Å². The molecule has 0 spiro atoms. The number of hydrogen-bond acceptors (Lipinski definition) is 2. The molecule has 4 nitrogen and oxygen atoms in total. The number of amides is 1. The highest BCUT2D eigenvalue weighted by Gasteiger charge is 2.47. The summed E-state index contributed by atoms with van der Waals surface area (Å²) in [7, 11) is 0. The second kappa shape index (κ2) is 5.21. The van der Waals surface area contributed by atoms with E-state index in [1.165, 1.54) is 5.56 Å². The number of carbonyl (C=O) groups is 1. The zero-order valence-corrected chi connectivity index (χ0v) is 11.0. The largest absolute Gasteiger partial charge is 0.465 e. The lowest BCUT2D eigenvalue weighted by Crippen LogP contribution is -2.47. The van der Waals surface area contributed by atoms with Gasteiger partial charge in [-0.05, 0) is 37.9 Å². The number of benzene rings is 1. The van der Waals surface area contributed by atoms with Gasteiger partial charge in [-0.25, -0.2) is 4.79 Å². The van der Waals surface area contributed by atoms with Crippen LogP contribution in [-0.4, -0.2) is 41.3 Å². The maximum atomic E-state index is 11.6. The smallest absolute Gasteiger partial charge is 0.407 e. The Kier molecular flexibility index (Phi) is 3.42. The van der Waals surface area contributed by atoms with Crippen LogP contribution in [0.1, 0.15) is 30.7 Å². The van der Waals surface area contributed by atoms with Crippen molar-refractivity contribution < 1.29 is 9.90 Å². The van der Waals surface area contributed by atoms with Crippen molar-refractivity contribution >= 4 is 6.09 Å². The van der Waals surface area contributed by atoms with E-state index in [9.17, 15) is 9.90 Å². The molecule has 2 fully saturated rings. The standard InChI is InChI=1S/C15H20N2O2/c18-15(19)17(12-6-8-16-9-7-12)14-10-13(14)11-4-2-1-3-5-11/h1-5,12-14,16H,6-10H2,(H,18,19)/t13-,14+/m0/s1. The van der Waals surface area contributed by atoms with Gasteiger partial charge in [0.2, 0.25) is 0 Å². The Morgan fingerprint density at radius 3 is 2.53 bits per heavy atom. The molecule has 2 aliphatic rings. The van der Waals surface area contributed by atoms with E-state index in [2.05, 4.69) is 17.4 Å². The highest BCUT2D eigenvalue weighted by Crippen LogP contribution is 2.46. The van der Waals surface area contributed by atoms with Gasteiger partial charge in [-0.1, -0.05) is 30.3 Å². The molecule has 1 heterocycles. The Balaban J connectivity index is 1.71. The van der Waals surface area contributed by atoms with E-state index in [0.717, 1.165) is 32.4 Å². The van der Waals surface area contributed by atoms with E-state index < -0.39 is 6.09 Å². The van der Waals surface area contributed by atoms with E-state index in [4.69, 9.17) is 0 Å². The molecule has 0 aromatic heterocycles. The van der Waals surface area contributed by atoms with Crippen molar-refractivity contribution in [1.82, 2.24) is 10.2 Å². The molecule has 4 heteroatoms. The van der Waals surface area contributed by atoms with Crippen molar-refractivity contribution in [3.05, 3.63) is 35.9 Å². The summed E-state index contributed by atoms with van der Waals surface area (Å²) < 4.78 is 0. The van der Waals surface area contributed by atoms with E-state index in [0.29, 0.717) is 5.92 Å². The summed E-state index contributed by atoms with van der Waals surface area (Å²) in [5, 5.41) is 12.8. The van der Waals surface area contributed by atoms with Crippen LogP contribution >= 0.6 is 0 Å². The average molecular weight is 260 g/mol. The maximum Gasteiger partial charge on any atom is 0.407 e. The molecular formula is C15H20N2O2. The lowest BCUT2D eigenvalue weighted by Gasteiger charge is -2.33. The molecule has 1 aromatic rings. The fraction of sp³-hybridized carbons (Fsp3) is 0.533. The summed E-state index contributed by atoms with van der Waals surface area (Å²) in [5.74, 6) is 0.396. The third-order valence-electron chi connectivity index (χ3n) is 4.26. The second-order valence-electron chi connectivity index (χ2n) is 5.49. The predicted octanol–water partition coefficient (Wildman–Crippen LogP) is 2.27. The van der Waals surface area contributed by atoms with Gasteiger partial charge in [0.15, 0.2) is 0 Å². The Morgan fingerprint density at radius 2 is 1.89 bits per heavy atom. The Morgan fingerprint density at radius 1 is 1.21 bits per heavy atom. The number of carboxylic acid groups (broad SMARTS) is 1. The minimum Gasteiger partial charge on any atom is -0.465 e. The van der Waals surface area contributed by atoms with Crippen molar-refractivity contribution in [3.63, 3.8) is 0 Å². The van der Waals surface area contributed by atoms with Crippen molar-refractivity contribution in [2.45, 2.75) is 37.3 Å². The first-order valence-electron chi connectivity index (χ1n) is 7.04. The van der Waals surface area contributed by atoms with Crippen molar-refractivity contribution in [1.29, 1.82) is 0 Å². The topological polar surface area (TPSA) is 52.6 Å². The number of nitrogens with zero attached hydrogens (tertiary/aromatic N) is 1. The molecule has 0 unspecified atom stereocenters. The first-order chi connectivity index (χ1) is 9.27. The van der Waals surface area contributed by atoms with Gasteiger partial charge in [0.25, 0.3) is 0 Å². The van der Waals surface area contributed by atoms with Crippen molar-refractivity contribution in [2.75, 3.05) is 13.1 Å². The van der Waals surface area contributed by atoms with Crippen LogP contribution < -0.4 is 5.32 Å². The van der Waals surface area contributed by atoms with Crippen LogP contribution in [0.4, 0.5) is 4.79 Å². The van der Waals surface area contributed by atoms with Crippen LogP contribution in [0.2, 0.25) is 0 Å². The molecule has 19 heavy (non-hydrogen) atoms. The molecule has 1 amide bonds. The SMILES string of the molecule is O=C(O)N(C1CCNCC1)[C@@H]1C[C@H]1c1ccccc1. The Bertz CT molecular complexity index is 443. The Hall–Kier alpha value is -1.55. The summed E-state index contributed by atoms with van der Waals surface area (Å²) in [5.41, 5.74) is 1.27. The molecule has 2 atom stereocenters. The highest BCUT2D eigenvalue weighted by atomic mass is 16.4. The molecule has 0 bridgehead atoms. The van der Waals surface area contributed by atoms with Crippen LogP contribution in [0.3, 0.4) is 0 Å². The fourth-order valence-electron chi connectivity index (χ4n) is 3.20. The fourth-order valence-corrected chi connectivity index (χ4v) is 3.20. The summed E-state index contributed by atoms with van der Waals surface area (Å²) in [6.07, 6.45) is 2.09. The van der Waals surface area contributed by atoms with E-state index in [1.807, 2.05) is 18.2 Å². The normalized spacial score (nSPS) is 26.9. The van der Waals surface area contributed by atoms with Gasteiger partial charge in [0.05, 0.1) is 0 Å². The zero-order chi connectivity index (χ0) is 13.2. The Labute approximate surface area is 113 Å². The molecule has 1 saturated carbocycles. The molecule has 1 aromatic carbocycles. The summed E-state index contributed by atoms with van der Waals surface area (Å²) in [6.45, 7) is 1.86. The van der Waals surface area contributed by atoms with Crippen LogP contribution in [0.25, 0.3) is 0 Å². The first kappa shape index (κ1) is 12.5. The number of rotatable bonds is 3. The molecule has 102 valence electrons. The van der Waals surface area contributed by atoms with Gasteiger partial charge < -0.3 is 15.3 Å². The average Bonchev–Trinajstić information content (AvgIpc) is 3.21. The van der Waals surface area contributed by atoms with Gasteiger partial charge in [-0.3, -0.25) is 0 Å². The minimum atomic E-state index is -0.754. The zero-order valence-electron chi connectivity index (χ0n) is 11.0. The molecule has 1 saturated heterocycles. The van der Waals surface area contributed by atoms with E-state index >= 15 is 0 Å². The molecule has 1 aliphatic heterocycles. The number of hydrogen-bond donors (Lipinski definition) is 2. The molecule has 3 rings (SSSR count). The lowest BCUT2D eigenvalue weighted by molar-refractivity contribution is 0.108. The predicted molar refractivity (Wildman–Crippen MR) is 73.3 cm³/mol. The summed E-state index contributed by atoms with van der Waals surface area (Å²) in [4.78, 5) is 13.3. The second-order valence-corrected chi connectivity index (χ2v) is 5.49. The minimum absolute atomic E-state index is 0.183. The van der Waals surface area contributed by atoms with Gasteiger partial charge in [-0.2, -0.15) is 0 Å². The van der Waals surface area contributed by atoms with Crippen LogP contribution in [-0.2, 0) is 0 Å². The summed E-state index contributed by atoms with van der Waals surface area (Å²) >= 11 is 0. The van der Waals surface area contributed by atoms with E-state index in [-0.39, 0.29) is 12.1 Å². The molecule has 2 N–H and O–H groups in total. The van der Waals surface area contributed by atoms with Gasteiger partial charge in [0.1, 0.15) is 0 Å². The maximum absolute atomic E-state index is 11.6. The number of nitrogens with one attached hydrogen (secondary N) is 1. The van der Waals surface area contributed by atoms with Crippen molar-refractivity contribution in [3.8, 4) is 0 Å². The van der Waals surface area contributed by atoms with Crippen molar-refractivity contribution in [2.24, 2.45) is 0 Å². The third kappa shape index (κ3) is 2.59.